The summed E-state index contributed by atoms with van der Waals surface area (Å²) >= 11 is 0. The highest BCUT2D eigenvalue weighted by Gasteiger charge is 2.53. The first-order chi connectivity index (χ1) is 7.81. The zero-order chi connectivity index (χ0) is 14.4. The van der Waals surface area contributed by atoms with Crippen molar-refractivity contribution in [3.05, 3.63) is 0 Å². The van der Waals surface area contributed by atoms with Gasteiger partial charge < -0.3 is 28.5 Å². The lowest BCUT2D eigenvalue weighted by Gasteiger charge is -2.57. The quantitative estimate of drug-likeness (QED) is 0.255. The predicted molar refractivity (Wildman–Crippen MR) is 91.2 cm³/mol. The van der Waals surface area contributed by atoms with Gasteiger partial charge >= 0.3 is 0 Å². The maximum Gasteiger partial charge on any atom is 0.128 e. The van der Waals surface area contributed by atoms with E-state index < -0.39 is 7.14 Å². The van der Waals surface area contributed by atoms with Crippen LogP contribution >= 0.6 is 7.14 Å². The van der Waals surface area contributed by atoms with E-state index in [4.69, 9.17) is 0 Å². The smallest absolute Gasteiger partial charge is 0.128 e. The maximum absolute atomic E-state index is 2.55. The highest BCUT2D eigenvalue weighted by molar-refractivity contribution is 8.00. The number of hydrogen-bond acceptors (Lipinski definition) is 0. The zero-order valence-corrected chi connectivity index (χ0v) is 16.7. The van der Waals surface area contributed by atoms with E-state index >= 15 is 0 Å². The minimum atomic E-state index is -0.729. The number of piperidine rings is 1. The third-order valence-corrected chi connectivity index (χ3v) is 8.08. The number of nitrogens with zero attached hydrogens (tertiary/aromatic N) is 1. The normalized spacial score (nSPS) is 21.9. The van der Waals surface area contributed by atoms with Gasteiger partial charge in [-0.15, -0.1) is 7.14 Å². The Kier molecular flexibility index (Phi) is 6.51. The number of quaternary nitrogens is 1. The second kappa shape index (κ2) is 6.12. The van der Waals surface area contributed by atoms with Gasteiger partial charge in [0.1, 0.15) is 7.57 Å². The molecule has 0 aromatic rings. The molecule has 1 fully saturated rings. The summed E-state index contributed by atoms with van der Waals surface area (Å²) in [5.74, 6) is 0. The van der Waals surface area contributed by atoms with Crippen molar-refractivity contribution in [3.63, 3.8) is 0 Å². The Morgan fingerprint density at radius 1 is 0.895 bits per heavy atom. The van der Waals surface area contributed by atoms with Crippen LogP contribution in [0.2, 0.25) is 0 Å². The van der Waals surface area contributed by atoms with Crippen molar-refractivity contribution >= 4 is 14.7 Å². The van der Waals surface area contributed by atoms with Gasteiger partial charge in [-0.2, -0.15) is 0 Å². The molecule has 0 spiro atoms. The molecule has 0 radical (unpaired) electrons. The topological polar surface area (TPSA) is 0 Å². The lowest BCUT2D eigenvalue weighted by Crippen LogP contribution is -3.00. The average Bonchev–Trinajstić information content (AvgIpc) is 2.13. The summed E-state index contributed by atoms with van der Waals surface area (Å²) in [6.07, 6.45) is 3.00. The second-order valence-electron chi connectivity index (χ2n) is 8.33. The summed E-state index contributed by atoms with van der Waals surface area (Å²) in [5, 5.41) is 1.18. The molecule has 0 N–H and O–H groups in total. The molecule has 0 aromatic carbocycles. The van der Waals surface area contributed by atoms with Gasteiger partial charge in [-0.1, -0.05) is 0 Å². The standard InChI is InChI=1S/C15H36BNP.HI/c1-14(2,3)18(16,15(4,5)6)13-9-11-17(7,8)12-10-13;/h13H,9-12H2,1-8,16H3;1H/q+1;/p-1. The Morgan fingerprint density at radius 3 is 1.47 bits per heavy atom. The van der Waals surface area contributed by atoms with Crippen molar-refractivity contribution in [2.75, 3.05) is 27.2 Å². The minimum Gasteiger partial charge on any atom is -1.00 e. The van der Waals surface area contributed by atoms with Crippen LogP contribution < -0.4 is 24.0 Å². The van der Waals surface area contributed by atoms with Crippen LogP contribution in [0.5, 0.6) is 0 Å². The largest absolute Gasteiger partial charge is 1.00 e. The van der Waals surface area contributed by atoms with Crippen LogP contribution in [0.15, 0.2) is 0 Å². The van der Waals surface area contributed by atoms with Crippen molar-refractivity contribution in [3.8, 4) is 0 Å². The van der Waals surface area contributed by atoms with E-state index in [1.54, 1.807) is 0 Å². The summed E-state index contributed by atoms with van der Waals surface area (Å²) < 4.78 is 1.25. The molecule has 1 nitrogen and oxygen atoms in total. The second-order valence-corrected chi connectivity index (χ2v) is 12.5. The minimum absolute atomic E-state index is 0. The molecule has 0 aliphatic carbocycles. The van der Waals surface area contributed by atoms with Gasteiger partial charge in [0.15, 0.2) is 0 Å². The van der Waals surface area contributed by atoms with Gasteiger partial charge in [-0.3, -0.25) is 0 Å². The van der Waals surface area contributed by atoms with Gasteiger partial charge in [0, 0.05) is 28.8 Å². The molecule has 0 saturated carbocycles. The Bertz CT molecular complexity index is 280. The van der Waals surface area contributed by atoms with Crippen LogP contribution in [0, 0.1) is 0 Å². The molecule has 1 rings (SSSR count). The van der Waals surface area contributed by atoms with Crippen LogP contribution in [-0.4, -0.2) is 55.2 Å². The van der Waals surface area contributed by atoms with Crippen molar-refractivity contribution in [1.82, 2.24) is 0 Å². The number of rotatable bonds is 1. The maximum atomic E-state index is 2.55. The fraction of sp³-hybridized carbons (Fsp3) is 1.00. The zero-order valence-electron chi connectivity index (χ0n) is 13.7. The SMILES string of the molecule is [BH3-][P+](C1CC[N+](C)(C)CC1)(C(C)(C)C)C(C)(C)C.[I-]. The van der Waals surface area contributed by atoms with Crippen LogP contribution in [0.4, 0.5) is 0 Å². The molecule has 1 heterocycles. The molecule has 0 atom stereocenters. The molecule has 1 saturated heterocycles. The lowest BCUT2D eigenvalue weighted by molar-refractivity contribution is -0.894. The summed E-state index contributed by atoms with van der Waals surface area (Å²) in [6.45, 7) is 18.1. The van der Waals surface area contributed by atoms with E-state index in [9.17, 15) is 0 Å². The summed E-state index contributed by atoms with van der Waals surface area (Å²) in [5.41, 5.74) is 1.09. The van der Waals surface area contributed by atoms with Gasteiger partial charge in [0.05, 0.1) is 27.2 Å². The van der Waals surface area contributed by atoms with E-state index in [1.165, 1.54) is 30.4 Å². The Labute approximate surface area is 140 Å². The first-order valence-corrected chi connectivity index (χ1v) is 8.46. The summed E-state index contributed by atoms with van der Waals surface area (Å²) in [4.78, 5) is 0. The molecule has 19 heavy (non-hydrogen) atoms. The summed E-state index contributed by atoms with van der Waals surface area (Å²) in [7, 11) is 4.51. The van der Waals surface area contributed by atoms with Gasteiger partial charge in [0.2, 0.25) is 0 Å². The monoisotopic (exact) mass is 399 g/mol. The van der Waals surface area contributed by atoms with Crippen LogP contribution in [0.25, 0.3) is 0 Å². The van der Waals surface area contributed by atoms with E-state index in [2.05, 4.69) is 55.6 Å². The number of halogens is 1. The fourth-order valence-electron chi connectivity index (χ4n) is 3.61. The lowest BCUT2D eigenvalue weighted by atomic mass is 10.1. The van der Waals surface area contributed by atoms with Crippen molar-refractivity contribution in [2.45, 2.75) is 70.4 Å². The first-order valence-electron chi connectivity index (χ1n) is 7.05. The predicted octanol–water partition coefficient (Wildman–Crippen LogP) is 0.124. The van der Waals surface area contributed by atoms with Gasteiger partial charge in [-0.25, -0.2) is 0 Å². The van der Waals surface area contributed by atoms with Gasteiger partial charge in [0.25, 0.3) is 0 Å². The highest BCUT2D eigenvalue weighted by Crippen LogP contribution is 2.77. The molecular weight excluding hydrogens is 363 g/mol. The van der Waals surface area contributed by atoms with E-state index in [0.717, 1.165) is 5.66 Å². The van der Waals surface area contributed by atoms with Crippen LogP contribution in [0.1, 0.15) is 54.4 Å². The average molecular weight is 399 g/mol. The molecule has 4 heteroatoms. The third kappa shape index (κ3) is 4.10. The van der Waals surface area contributed by atoms with E-state index in [-0.39, 0.29) is 24.0 Å². The summed E-state index contributed by atoms with van der Waals surface area (Å²) in [6, 6.07) is 0. The van der Waals surface area contributed by atoms with Crippen molar-refractivity contribution < 1.29 is 28.5 Å². The Balaban J connectivity index is 0.00000324. The molecule has 116 valence electrons. The Hall–Kier alpha value is 1.18. The van der Waals surface area contributed by atoms with Crippen LogP contribution in [-0.2, 0) is 0 Å². The number of likely N-dealkylation sites (tertiary alicyclic amines) is 1. The molecule has 1 aliphatic heterocycles. The van der Waals surface area contributed by atoms with Crippen molar-refractivity contribution in [2.24, 2.45) is 0 Å². The molecule has 0 amide bonds. The van der Waals surface area contributed by atoms with E-state index in [0.29, 0.717) is 17.9 Å². The van der Waals surface area contributed by atoms with Crippen molar-refractivity contribution in [1.29, 1.82) is 0 Å². The number of hydrogen-bond donors (Lipinski definition) is 0. The molecule has 0 aromatic heterocycles. The molecular formula is C15H36BINP. The first kappa shape index (κ1) is 20.2. The molecule has 0 bridgehead atoms. The Morgan fingerprint density at radius 2 is 1.21 bits per heavy atom. The fourth-order valence-corrected chi connectivity index (χ4v) is 8.56. The van der Waals surface area contributed by atoms with Gasteiger partial charge in [-0.05, 0) is 41.5 Å². The van der Waals surface area contributed by atoms with Crippen LogP contribution in [0.3, 0.4) is 0 Å². The molecule has 0 unspecified atom stereocenters. The molecule has 1 aliphatic rings. The highest BCUT2D eigenvalue weighted by atomic mass is 127. The van der Waals surface area contributed by atoms with E-state index in [1.807, 2.05) is 0 Å². The third-order valence-electron chi connectivity index (χ3n) is 3.95.